The van der Waals surface area contributed by atoms with Gasteiger partial charge in [0.25, 0.3) is 0 Å². The molecule has 2 nitrogen and oxygen atoms in total. The molecule has 106 valence electrons. The average molecular weight is 260 g/mol. The van der Waals surface area contributed by atoms with Crippen LogP contribution in [0.5, 0.6) is 0 Å². The lowest BCUT2D eigenvalue weighted by Gasteiger charge is -2.55. The third-order valence-electron chi connectivity index (χ3n) is 4.25. The fourth-order valence-corrected chi connectivity index (χ4v) is 3.58. The number of aryl methyl sites for hydroxylation is 2. The second-order valence-corrected chi connectivity index (χ2v) is 7.00. The van der Waals surface area contributed by atoms with E-state index in [1.54, 1.807) is 0 Å². The summed E-state index contributed by atoms with van der Waals surface area (Å²) >= 11 is 0. The van der Waals surface area contributed by atoms with Crippen LogP contribution in [0.4, 0.5) is 5.69 Å². The van der Waals surface area contributed by atoms with Gasteiger partial charge in [-0.1, -0.05) is 25.1 Å². The topological polar surface area (TPSA) is 15.3 Å². The van der Waals surface area contributed by atoms with Crippen LogP contribution in [-0.2, 0) is 6.42 Å². The highest BCUT2D eigenvalue weighted by Gasteiger charge is 2.42. The highest BCUT2D eigenvalue weighted by Crippen LogP contribution is 2.38. The molecule has 0 spiro atoms. The van der Waals surface area contributed by atoms with E-state index in [9.17, 15) is 0 Å². The Morgan fingerprint density at radius 1 is 1.11 bits per heavy atom. The SMILES string of the molecule is CCc1cccc(C)c1N1C(C)(C)CNCC1(C)C. The van der Waals surface area contributed by atoms with Crippen LogP contribution >= 0.6 is 0 Å². The normalized spacial score (nSPS) is 21.5. The third kappa shape index (κ3) is 2.51. The van der Waals surface area contributed by atoms with Gasteiger partial charge in [0.15, 0.2) is 0 Å². The predicted octanol–water partition coefficient (Wildman–Crippen LogP) is 3.52. The fraction of sp³-hybridized carbons (Fsp3) is 0.647. The summed E-state index contributed by atoms with van der Waals surface area (Å²) in [7, 11) is 0. The first-order chi connectivity index (χ1) is 8.79. The molecule has 1 aromatic carbocycles. The van der Waals surface area contributed by atoms with Gasteiger partial charge in [-0.15, -0.1) is 0 Å². The molecule has 1 N–H and O–H groups in total. The Morgan fingerprint density at radius 3 is 2.21 bits per heavy atom. The van der Waals surface area contributed by atoms with Crippen molar-refractivity contribution in [1.82, 2.24) is 5.32 Å². The van der Waals surface area contributed by atoms with E-state index in [4.69, 9.17) is 0 Å². The molecular formula is C17H28N2. The van der Waals surface area contributed by atoms with Gasteiger partial charge in [0.1, 0.15) is 0 Å². The Bertz CT molecular complexity index is 444. The van der Waals surface area contributed by atoms with Gasteiger partial charge < -0.3 is 10.2 Å². The smallest absolute Gasteiger partial charge is 0.0476 e. The van der Waals surface area contributed by atoms with Crippen molar-refractivity contribution >= 4 is 5.69 Å². The van der Waals surface area contributed by atoms with Gasteiger partial charge in [0.2, 0.25) is 0 Å². The molecule has 0 radical (unpaired) electrons. The number of nitrogens with one attached hydrogen (secondary N) is 1. The zero-order valence-electron chi connectivity index (χ0n) is 13.3. The third-order valence-corrected chi connectivity index (χ3v) is 4.25. The van der Waals surface area contributed by atoms with Crippen LogP contribution in [0.15, 0.2) is 18.2 Å². The second kappa shape index (κ2) is 4.82. The van der Waals surface area contributed by atoms with Gasteiger partial charge in [0.05, 0.1) is 0 Å². The van der Waals surface area contributed by atoms with Gasteiger partial charge in [0, 0.05) is 29.9 Å². The van der Waals surface area contributed by atoms with E-state index in [1.807, 2.05) is 0 Å². The quantitative estimate of drug-likeness (QED) is 0.875. The minimum Gasteiger partial charge on any atom is -0.358 e. The number of piperazine rings is 1. The summed E-state index contributed by atoms with van der Waals surface area (Å²) in [5, 5.41) is 3.58. The molecule has 1 aliphatic rings. The Kier molecular flexibility index (Phi) is 3.65. The molecule has 1 aliphatic heterocycles. The predicted molar refractivity (Wildman–Crippen MR) is 84.1 cm³/mol. The maximum atomic E-state index is 3.58. The van der Waals surface area contributed by atoms with Crippen LogP contribution < -0.4 is 10.2 Å². The molecule has 0 aromatic heterocycles. The van der Waals surface area contributed by atoms with Crippen molar-refractivity contribution in [1.29, 1.82) is 0 Å². The van der Waals surface area contributed by atoms with Crippen LogP contribution in [0.2, 0.25) is 0 Å². The molecule has 1 fully saturated rings. The first-order valence-electron chi connectivity index (χ1n) is 7.39. The molecule has 0 atom stereocenters. The van der Waals surface area contributed by atoms with Crippen molar-refractivity contribution in [2.45, 2.75) is 59.0 Å². The Labute approximate surface area is 118 Å². The summed E-state index contributed by atoms with van der Waals surface area (Å²) in [6.07, 6.45) is 1.09. The van der Waals surface area contributed by atoms with Crippen molar-refractivity contribution in [3.05, 3.63) is 29.3 Å². The highest BCUT2D eigenvalue weighted by molar-refractivity contribution is 5.63. The van der Waals surface area contributed by atoms with Crippen molar-refractivity contribution in [2.24, 2.45) is 0 Å². The number of para-hydroxylation sites is 1. The second-order valence-electron chi connectivity index (χ2n) is 7.00. The highest BCUT2D eigenvalue weighted by atomic mass is 15.3. The first-order valence-corrected chi connectivity index (χ1v) is 7.39. The minimum atomic E-state index is 0.137. The summed E-state index contributed by atoms with van der Waals surface area (Å²) in [6, 6.07) is 6.69. The van der Waals surface area contributed by atoms with Crippen molar-refractivity contribution in [3.8, 4) is 0 Å². The summed E-state index contributed by atoms with van der Waals surface area (Å²) in [6.45, 7) is 15.9. The molecule has 1 saturated heterocycles. The van der Waals surface area contributed by atoms with Crippen LogP contribution in [0.25, 0.3) is 0 Å². The lowest BCUT2D eigenvalue weighted by molar-refractivity contribution is 0.262. The van der Waals surface area contributed by atoms with E-state index in [1.165, 1.54) is 16.8 Å². The number of nitrogens with zero attached hydrogens (tertiary/aromatic N) is 1. The van der Waals surface area contributed by atoms with Crippen LogP contribution in [-0.4, -0.2) is 24.2 Å². The first kappa shape index (κ1) is 14.4. The molecule has 1 aromatic rings. The molecule has 0 bridgehead atoms. The van der Waals surface area contributed by atoms with Gasteiger partial charge in [-0.3, -0.25) is 0 Å². The Hall–Kier alpha value is -1.02. The van der Waals surface area contributed by atoms with Gasteiger partial charge in [-0.25, -0.2) is 0 Å². The van der Waals surface area contributed by atoms with Crippen molar-refractivity contribution in [3.63, 3.8) is 0 Å². The molecule has 1 heterocycles. The maximum absolute atomic E-state index is 3.58. The maximum Gasteiger partial charge on any atom is 0.0476 e. The van der Waals surface area contributed by atoms with E-state index in [-0.39, 0.29) is 11.1 Å². The van der Waals surface area contributed by atoms with Crippen molar-refractivity contribution in [2.75, 3.05) is 18.0 Å². The van der Waals surface area contributed by atoms with Crippen LogP contribution in [0.3, 0.4) is 0 Å². The average Bonchev–Trinajstić information content (AvgIpc) is 2.29. The van der Waals surface area contributed by atoms with Crippen LogP contribution in [0, 0.1) is 6.92 Å². The molecule has 0 saturated carbocycles. The van der Waals surface area contributed by atoms with E-state index in [2.05, 4.69) is 70.0 Å². The number of rotatable bonds is 2. The zero-order valence-corrected chi connectivity index (χ0v) is 13.3. The zero-order chi connectivity index (χ0) is 14.3. The number of benzene rings is 1. The number of hydrogen-bond acceptors (Lipinski definition) is 2. The molecular weight excluding hydrogens is 232 g/mol. The van der Waals surface area contributed by atoms with E-state index >= 15 is 0 Å². The largest absolute Gasteiger partial charge is 0.358 e. The summed E-state index contributed by atoms with van der Waals surface area (Å²) < 4.78 is 0. The molecule has 0 aliphatic carbocycles. The number of anilines is 1. The molecule has 19 heavy (non-hydrogen) atoms. The summed E-state index contributed by atoms with van der Waals surface area (Å²) in [5.41, 5.74) is 4.57. The van der Waals surface area contributed by atoms with E-state index in [0.29, 0.717) is 0 Å². The van der Waals surface area contributed by atoms with Crippen LogP contribution in [0.1, 0.15) is 45.7 Å². The van der Waals surface area contributed by atoms with Gasteiger partial charge in [-0.05, 0) is 52.2 Å². The summed E-state index contributed by atoms with van der Waals surface area (Å²) in [5.74, 6) is 0. The molecule has 2 rings (SSSR count). The Balaban J connectivity index is 2.60. The molecule has 2 heteroatoms. The lowest BCUT2D eigenvalue weighted by atomic mass is 9.86. The molecule has 0 unspecified atom stereocenters. The monoisotopic (exact) mass is 260 g/mol. The standard InChI is InChI=1S/C17H28N2/c1-7-14-10-8-9-13(2)15(14)19-16(3,4)11-18-12-17(19,5)6/h8-10,18H,7,11-12H2,1-6H3. The fourth-order valence-electron chi connectivity index (χ4n) is 3.58. The van der Waals surface area contributed by atoms with E-state index in [0.717, 1.165) is 19.5 Å². The van der Waals surface area contributed by atoms with Gasteiger partial charge in [-0.2, -0.15) is 0 Å². The lowest BCUT2D eigenvalue weighted by Crippen LogP contribution is -2.68. The van der Waals surface area contributed by atoms with Gasteiger partial charge >= 0.3 is 0 Å². The van der Waals surface area contributed by atoms with E-state index < -0.39 is 0 Å². The Morgan fingerprint density at radius 2 is 1.68 bits per heavy atom. The number of hydrogen-bond donors (Lipinski definition) is 1. The summed E-state index contributed by atoms with van der Waals surface area (Å²) in [4.78, 5) is 2.64. The molecule has 0 amide bonds. The van der Waals surface area contributed by atoms with Crippen molar-refractivity contribution < 1.29 is 0 Å². The minimum absolute atomic E-state index is 0.137.